The van der Waals surface area contributed by atoms with Gasteiger partial charge >= 0.3 is 0 Å². The van der Waals surface area contributed by atoms with Crippen molar-refractivity contribution in [3.05, 3.63) is 35.4 Å². The molecule has 100 valence electrons. The van der Waals surface area contributed by atoms with Crippen LogP contribution in [0.1, 0.15) is 36.4 Å². The van der Waals surface area contributed by atoms with Gasteiger partial charge < -0.3 is 5.32 Å². The molecule has 1 aliphatic heterocycles. The van der Waals surface area contributed by atoms with Gasteiger partial charge in [0.1, 0.15) is 0 Å². The van der Waals surface area contributed by atoms with Crippen LogP contribution < -0.4 is 5.32 Å². The highest BCUT2D eigenvalue weighted by atomic mass is 15.1. The molecule has 0 aromatic heterocycles. The summed E-state index contributed by atoms with van der Waals surface area (Å²) >= 11 is 0. The van der Waals surface area contributed by atoms with Crippen LogP contribution in [0, 0.1) is 12.8 Å². The van der Waals surface area contributed by atoms with Crippen LogP contribution in [0.4, 0.5) is 0 Å². The Hall–Kier alpha value is -0.860. The molecule has 1 fully saturated rings. The van der Waals surface area contributed by atoms with Crippen molar-refractivity contribution in [3.8, 4) is 0 Å². The summed E-state index contributed by atoms with van der Waals surface area (Å²) in [6.45, 7) is 4.52. The standard InChI is InChI=1S/C16H26N2/c1-13-7-6-9-14(11-13)16-15(12-17-2)8-4-5-10-18(16)3/h6-7,9,11,15-17H,4-5,8,10,12H2,1-3H3. The maximum absolute atomic E-state index is 3.37. The summed E-state index contributed by atoms with van der Waals surface area (Å²) in [6.07, 6.45) is 4.03. The highest BCUT2D eigenvalue weighted by molar-refractivity contribution is 5.26. The van der Waals surface area contributed by atoms with Crippen LogP contribution in [-0.4, -0.2) is 32.1 Å². The Balaban J connectivity index is 2.28. The third-order valence-electron chi connectivity index (χ3n) is 4.11. The van der Waals surface area contributed by atoms with E-state index in [-0.39, 0.29) is 0 Å². The minimum atomic E-state index is 0.569. The quantitative estimate of drug-likeness (QED) is 0.882. The van der Waals surface area contributed by atoms with E-state index in [2.05, 4.69) is 55.5 Å². The van der Waals surface area contributed by atoms with Crippen molar-refractivity contribution in [1.29, 1.82) is 0 Å². The molecule has 0 saturated carbocycles. The molecule has 0 bridgehead atoms. The van der Waals surface area contributed by atoms with Gasteiger partial charge in [-0.05, 0) is 58.4 Å². The summed E-state index contributed by atoms with van der Waals surface area (Å²) in [5, 5.41) is 3.37. The number of nitrogens with zero attached hydrogens (tertiary/aromatic N) is 1. The van der Waals surface area contributed by atoms with Crippen molar-refractivity contribution in [2.75, 3.05) is 27.2 Å². The van der Waals surface area contributed by atoms with Crippen LogP contribution >= 0.6 is 0 Å². The summed E-state index contributed by atoms with van der Waals surface area (Å²) in [5.74, 6) is 0.726. The van der Waals surface area contributed by atoms with Gasteiger partial charge in [0.2, 0.25) is 0 Å². The lowest BCUT2D eigenvalue weighted by Crippen LogP contribution is -2.34. The van der Waals surface area contributed by atoms with Crippen LogP contribution in [0.3, 0.4) is 0 Å². The first kappa shape index (κ1) is 13.6. The summed E-state index contributed by atoms with van der Waals surface area (Å²) in [6, 6.07) is 9.60. The predicted molar refractivity (Wildman–Crippen MR) is 77.8 cm³/mol. The fraction of sp³-hybridized carbons (Fsp3) is 0.625. The molecule has 0 radical (unpaired) electrons. The molecule has 1 heterocycles. The fourth-order valence-corrected chi connectivity index (χ4v) is 3.28. The maximum atomic E-state index is 3.37. The molecule has 0 aliphatic carbocycles. The van der Waals surface area contributed by atoms with Gasteiger partial charge in [-0.3, -0.25) is 4.90 Å². The predicted octanol–water partition coefficient (Wildman–Crippen LogP) is 2.99. The lowest BCUT2D eigenvalue weighted by atomic mass is 9.88. The van der Waals surface area contributed by atoms with Crippen molar-refractivity contribution in [3.63, 3.8) is 0 Å². The summed E-state index contributed by atoms with van der Waals surface area (Å²) in [5.41, 5.74) is 2.85. The highest BCUT2D eigenvalue weighted by Crippen LogP contribution is 2.34. The minimum absolute atomic E-state index is 0.569. The minimum Gasteiger partial charge on any atom is -0.319 e. The second-order valence-corrected chi connectivity index (χ2v) is 5.65. The molecule has 1 aliphatic rings. The van der Waals surface area contributed by atoms with E-state index in [0.29, 0.717) is 6.04 Å². The van der Waals surface area contributed by atoms with Crippen LogP contribution in [0.5, 0.6) is 0 Å². The molecule has 0 spiro atoms. The van der Waals surface area contributed by atoms with Crippen LogP contribution in [-0.2, 0) is 0 Å². The van der Waals surface area contributed by atoms with Crippen LogP contribution in [0.2, 0.25) is 0 Å². The molecule has 2 unspecified atom stereocenters. The number of likely N-dealkylation sites (tertiary alicyclic amines) is 1. The number of rotatable bonds is 3. The average molecular weight is 246 g/mol. The van der Waals surface area contributed by atoms with Gasteiger partial charge in [-0.2, -0.15) is 0 Å². The van der Waals surface area contributed by atoms with Crippen molar-refractivity contribution in [1.82, 2.24) is 10.2 Å². The second kappa shape index (κ2) is 6.35. The van der Waals surface area contributed by atoms with E-state index in [1.807, 2.05) is 0 Å². The maximum Gasteiger partial charge on any atom is 0.0385 e. The van der Waals surface area contributed by atoms with E-state index in [1.165, 1.54) is 36.9 Å². The fourth-order valence-electron chi connectivity index (χ4n) is 3.28. The molecule has 1 aromatic carbocycles. The van der Waals surface area contributed by atoms with E-state index < -0.39 is 0 Å². The molecule has 2 rings (SSSR count). The lowest BCUT2D eigenvalue weighted by molar-refractivity contribution is 0.191. The Morgan fingerprint density at radius 1 is 1.33 bits per heavy atom. The molecule has 1 N–H and O–H groups in total. The second-order valence-electron chi connectivity index (χ2n) is 5.65. The summed E-state index contributed by atoms with van der Waals surface area (Å²) < 4.78 is 0. The zero-order chi connectivity index (χ0) is 13.0. The van der Waals surface area contributed by atoms with Gasteiger partial charge in [-0.25, -0.2) is 0 Å². The highest BCUT2D eigenvalue weighted by Gasteiger charge is 2.28. The Morgan fingerprint density at radius 3 is 2.89 bits per heavy atom. The van der Waals surface area contributed by atoms with Crippen molar-refractivity contribution in [2.45, 2.75) is 32.2 Å². The van der Waals surface area contributed by atoms with Crippen LogP contribution in [0.15, 0.2) is 24.3 Å². The Bertz CT molecular complexity index is 375. The average Bonchev–Trinajstić information content (AvgIpc) is 2.52. The van der Waals surface area contributed by atoms with Crippen molar-refractivity contribution >= 4 is 0 Å². The molecule has 1 aromatic rings. The molecule has 2 atom stereocenters. The molecular formula is C16H26N2. The van der Waals surface area contributed by atoms with Crippen molar-refractivity contribution < 1.29 is 0 Å². The first-order valence-electron chi connectivity index (χ1n) is 7.14. The van der Waals surface area contributed by atoms with Gasteiger partial charge in [0, 0.05) is 6.04 Å². The largest absolute Gasteiger partial charge is 0.319 e. The van der Waals surface area contributed by atoms with Gasteiger partial charge in [0.15, 0.2) is 0 Å². The molecular weight excluding hydrogens is 220 g/mol. The van der Waals surface area contributed by atoms with E-state index in [9.17, 15) is 0 Å². The third-order valence-corrected chi connectivity index (χ3v) is 4.11. The monoisotopic (exact) mass is 246 g/mol. The van der Waals surface area contributed by atoms with Crippen LogP contribution in [0.25, 0.3) is 0 Å². The van der Waals surface area contributed by atoms with Gasteiger partial charge in [0.25, 0.3) is 0 Å². The molecule has 18 heavy (non-hydrogen) atoms. The smallest absolute Gasteiger partial charge is 0.0385 e. The normalized spacial score (nSPS) is 25.9. The summed E-state index contributed by atoms with van der Waals surface area (Å²) in [7, 11) is 4.35. The number of benzene rings is 1. The summed E-state index contributed by atoms with van der Waals surface area (Å²) in [4.78, 5) is 2.55. The van der Waals surface area contributed by atoms with Gasteiger partial charge in [0.05, 0.1) is 0 Å². The first-order valence-corrected chi connectivity index (χ1v) is 7.14. The van der Waals surface area contributed by atoms with E-state index >= 15 is 0 Å². The Morgan fingerprint density at radius 2 is 2.17 bits per heavy atom. The Labute approximate surface area is 111 Å². The van der Waals surface area contributed by atoms with E-state index in [4.69, 9.17) is 0 Å². The third kappa shape index (κ3) is 3.12. The molecule has 1 saturated heterocycles. The number of hydrogen-bond donors (Lipinski definition) is 1. The Kier molecular flexibility index (Phi) is 4.79. The molecule has 0 amide bonds. The lowest BCUT2D eigenvalue weighted by Gasteiger charge is -2.33. The molecule has 2 heteroatoms. The van der Waals surface area contributed by atoms with E-state index in [1.54, 1.807) is 0 Å². The number of nitrogens with one attached hydrogen (secondary N) is 1. The zero-order valence-corrected chi connectivity index (χ0v) is 11.9. The number of aryl methyl sites for hydroxylation is 1. The number of hydrogen-bond acceptors (Lipinski definition) is 2. The SMILES string of the molecule is CNCC1CCCCN(C)C1c1cccc(C)c1. The topological polar surface area (TPSA) is 15.3 Å². The van der Waals surface area contributed by atoms with Gasteiger partial charge in [-0.1, -0.05) is 36.2 Å². The van der Waals surface area contributed by atoms with E-state index in [0.717, 1.165) is 12.5 Å². The first-order chi connectivity index (χ1) is 8.72. The van der Waals surface area contributed by atoms with Crippen molar-refractivity contribution in [2.24, 2.45) is 5.92 Å². The zero-order valence-electron chi connectivity index (χ0n) is 11.9. The van der Waals surface area contributed by atoms with Gasteiger partial charge in [-0.15, -0.1) is 0 Å². The molecule has 2 nitrogen and oxygen atoms in total.